The molecule has 1 aromatic carbocycles. The molecule has 1 saturated heterocycles. The van der Waals surface area contributed by atoms with E-state index in [0.29, 0.717) is 6.54 Å². The van der Waals surface area contributed by atoms with E-state index in [2.05, 4.69) is 17.6 Å². The van der Waals surface area contributed by atoms with Crippen molar-refractivity contribution < 1.29 is 39.1 Å². The number of aliphatic hydroxyl groups is 3. The quantitative estimate of drug-likeness (QED) is 0.290. The number of rotatable bonds is 12. The Hall–Kier alpha value is -2.40. The second-order valence-corrected chi connectivity index (χ2v) is 8.08. The van der Waals surface area contributed by atoms with Gasteiger partial charge in [-0.2, -0.15) is 0 Å². The topological polar surface area (TPSA) is 147 Å². The van der Waals surface area contributed by atoms with Crippen LogP contribution in [0.25, 0.3) is 0 Å². The van der Waals surface area contributed by atoms with E-state index in [1.54, 1.807) is 12.1 Å². The Morgan fingerprint density at radius 2 is 1.70 bits per heavy atom. The molecule has 1 aliphatic rings. The van der Waals surface area contributed by atoms with Gasteiger partial charge in [0.2, 0.25) is 12.2 Å². The maximum Gasteiger partial charge on any atom is 0.412 e. The number of unbranched alkanes of at least 4 members (excludes halogenated alkanes) is 5. The lowest BCUT2D eigenvalue weighted by atomic mass is 9.97. The summed E-state index contributed by atoms with van der Waals surface area (Å²) in [6.45, 7) is 3.34. The SMILES string of the molecule is CCCCCCCCNC(=O)Oc1ccccc1O[C@@H]1OC(CO)[C@@H](O)[C@@H](O)C1NC(C)=O. The fourth-order valence-corrected chi connectivity index (χ4v) is 3.56. The molecule has 33 heavy (non-hydrogen) atoms. The molecular formula is C23H36N2O8. The van der Waals surface area contributed by atoms with Gasteiger partial charge < -0.3 is 40.2 Å². The Kier molecular flexibility index (Phi) is 11.4. The highest BCUT2D eigenvalue weighted by atomic mass is 16.7. The van der Waals surface area contributed by atoms with Gasteiger partial charge in [0.25, 0.3) is 0 Å². The van der Waals surface area contributed by atoms with E-state index >= 15 is 0 Å². The summed E-state index contributed by atoms with van der Waals surface area (Å²) < 4.78 is 16.7. The van der Waals surface area contributed by atoms with Crippen molar-refractivity contribution in [1.29, 1.82) is 0 Å². The number of carbonyl (C=O) groups is 2. The molecule has 2 rings (SSSR count). The van der Waals surface area contributed by atoms with E-state index < -0.39 is 49.3 Å². The van der Waals surface area contributed by atoms with E-state index in [1.165, 1.54) is 38.3 Å². The minimum absolute atomic E-state index is 0.115. The average molecular weight is 469 g/mol. The molecule has 0 aliphatic carbocycles. The Labute approximate surface area is 194 Å². The van der Waals surface area contributed by atoms with Gasteiger partial charge in [0.05, 0.1) is 6.61 Å². The van der Waals surface area contributed by atoms with E-state index in [1.807, 2.05) is 0 Å². The highest BCUT2D eigenvalue weighted by Gasteiger charge is 2.46. The monoisotopic (exact) mass is 468 g/mol. The second-order valence-electron chi connectivity index (χ2n) is 8.08. The summed E-state index contributed by atoms with van der Waals surface area (Å²) in [7, 11) is 0. The summed E-state index contributed by atoms with van der Waals surface area (Å²) in [6, 6.07) is 5.27. The molecule has 0 spiro atoms. The van der Waals surface area contributed by atoms with Gasteiger partial charge in [-0.1, -0.05) is 51.2 Å². The molecule has 1 heterocycles. The van der Waals surface area contributed by atoms with Gasteiger partial charge in [0.1, 0.15) is 24.4 Å². The van der Waals surface area contributed by atoms with Crippen LogP contribution in [0.1, 0.15) is 52.4 Å². The van der Waals surface area contributed by atoms with Crippen molar-refractivity contribution in [2.24, 2.45) is 0 Å². The lowest BCUT2D eigenvalue weighted by molar-refractivity contribution is -0.244. The van der Waals surface area contributed by atoms with Crippen LogP contribution in [0.5, 0.6) is 11.5 Å². The summed E-state index contributed by atoms with van der Waals surface area (Å²) in [5.74, 6) is -0.221. The minimum Gasteiger partial charge on any atom is -0.459 e. The van der Waals surface area contributed by atoms with Crippen molar-refractivity contribution in [3.63, 3.8) is 0 Å². The molecule has 0 aromatic heterocycles. The number of benzene rings is 1. The maximum absolute atomic E-state index is 12.2. The summed E-state index contributed by atoms with van der Waals surface area (Å²) in [6.07, 6.45) is 0.737. The van der Waals surface area contributed by atoms with E-state index in [9.17, 15) is 24.9 Å². The number of nitrogens with one attached hydrogen (secondary N) is 2. The van der Waals surface area contributed by atoms with Gasteiger partial charge in [0.15, 0.2) is 11.5 Å². The normalized spacial score (nSPS) is 24.7. The van der Waals surface area contributed by atoms with Gasteiger partial charge in [0, 0.05) is 13.5 Å². The van der Waals surface area contributed by atoms with Gasteiger partial charge in [-0.05, 0) is 18.6 Å². The zero-order valence-electron chi connectivity index (χ0n) is 19.2. The van der Waals surface area contributed by atoms with Crippen LogP contribution in [-0.2, 0) is 9.53 Å². The van der Waals surface area contributed by atoms with Crippen LogP contribution in [0.3, 0.4) is 0 Å². The summed E-state index contributed by atoms with van der Waals surface area (Å²) in [4.78, 5) is 23.8. The fourth-order valence-electron chi connectivity index (χ4n) is 3.56. The number of hydrogen-bond donors (Lipinski definition) is 5. The highest BCUT2D eigenvalue weighted by Crippen LogP contribution is 2.31. The molecule has 2 amide bonds. The van der Waals surface area contributed by atoms with Gasteiger partial charge in [-0.3, -0.25) is 4.79 Å². The summed E-state index contributed by atoms with van der Waals surface area (Å²) in [5.41, 5.74) is 0. The number of ether oxygens (including phenoxy) is 3. The van der Waals surface area contributed by atoms with Crippen molar-refractivity contribution >= 4 is 12.0 Å². The largest absolute Gasteiger partial charge is 0.459 e. The number of hydrogen-bond acceptors (Lipinski definition) is 8. The standard InChI is InChI=1S/C23H36N2O8/c1-3-4-5-6-7-10-13-24-23(30)33-17-12-9-8-11-16(17)31-22-19(25-15(2)27)21(29)20(28)18(14-26)32-22/h8-9,11-12,18-22,26,28-29H,3-7,10,13-14H2,1-2H3,(H,24,30)(H,25,27)/t18?,19?,20-,21+,22-/m1/s1. The molecule has 5 N–H and O–H groups in total. The average Bonchev–Trinajstić information content (AvgIpc) is 2.79. The predicted molar refractivity (Wildman–Crippen MR) is 120 cm³/mol. The van der Waals surface area contributed by atoms with E-state index in [4.69, 9.17) is 14.2 Å². The molecular weight excluding hydrogens is 432 g/mol. The minimum atomic E-state index is -1.45. The number of para-hydroxylation sites is 2. The maximum atomic E-state index is 12.2. The molecule has 10 nitrogen and oxygen atoms in total. The molecule has 5 atom stereocenters. The molecule has 0 bridgehead atoms. The molecule has 2 unspecified atom stereocenters. The summed E-state index contributed by atoms with van der Waals surface area (Å²) >= 11 is 0. The fraction of sp³-hybridized carbons (Fsp3) is 0.652. The smallest absolute Gasteiger partial charge is 0.412 e. The van der Waals surface area contributed by atoms with Gasteiger partial charge in [-0.25, -0.2) is 4.79 Å². The van der Waals surface area contributed by atoms with Crippen LogP contribution in [0, 0.1) is 0 Å². The summed E-state index contributed by atoms with van der Waals surface area (Å²) in [5, 5.41) is 35.2. The zero-order chi connectivity index (χ0) is 24.2. The highest BCUT2D eigenvalue weighted by molar-refractivity contribution is 5.73. The first-order valence-corrected chi connectivity index (χ1v) is 11.5. The lowest BCUT2D eigenvalue weighted by Crippen LogP contribution is -2.65. The van der Waals surface area contributed by atoms with E-state index in [0.717, 1.165) is 19.3 Å². The Morgan fingerprint density at radius 1 is 1.03 bits per heavy atom. The first kappa shape index (κ1) is 26.8. The van der Waals surface area contributed by atoms with Crippen molar-refractivity contribution in [3.8, 4) is 11.5 Å². The number of carbonyl (C=O) groups excluding carboxylic acids is 2. The van der Waals surface area contributed by atoms with Crippen LogP contribution in [0.2, 0.25) is 0 Å². The Morgan fingerprint density at radius 3 is 2.36 bits per heavy atom. The zero-order valence-corrected chi connectivity index (χ0v) is 19.2. The Balaban J connectivity index is 1.98. The van der Waals surface area contributed by atoms with E-state index in [-0.39, 0.29) is 11.5 Å². The first-order valence-electron chi connectivity index (χ1n) is 11.5. The molecule has 1 fully saturated rings. The van der Waals surface area contributed by atoms with Crippen molar-refractivity contribution in [3.05, 3.63) is 24.3 Å². The third-order valence-electron chi connectivity index (χ3n) is 5.35. The molecule has 10 heteroatoms. The van der Waals surface area contributed by atoms with Crippen LogP contribution in [0.4, 0.5) is 4.79 Å². The molecule has 1 aromatic rings. The molecule has 186 valence electrons. The third-order valence-corrected chi connectivity index (χ3v) is 5.35. The first-order chi connectivity index (χ1) is 15.9. The van der Waals surface area contributed by atoms with Crippen molar-refractivity contribution in [2.45, 2.75) is 83.0 Å². The number of aliphatic hydroxyl groups excluding tert-OH is 3. The van der Waals surface area contributed by atoms with Crippen LogP contribution < -0.4 is 20.1 Å². The van der Waals surface area contributed by atoms with Crippen LogP contribution in [-0.4, -0.2) is 71.1 Å². The van der Waals surface area contributed by atoms with Crippen molar-refractivity contribution in [1.82, 2.24) is 10.6 Å². The predicted octanol–water partition coefficient (Wildman–Crippen LogP) is 1.46. The van der Waals surface area contributed by atoms with Crippen molar-refractivity contribution in [2.75, 3.05) is 13.2 Å². The molecule has 0 radical (unpaired) electrons. The van der Waals surface area contributed by atoms with Gasteiger partial charge >= 0.3 is 6.09 Å². The van der Waals surface area contributed by atoms with Gasteiger partial charge in [-0.15, -0.1) is 0 Å². The molecule has 1 aliphatic heterocycles. The lowest BCUT2D eigenvalue weighted by Gasteiger charge is -2.42. The number of amides is 2. The molecule has 0 saturated carbocycles. The van der Waals surface area contributed by atoms with Crippen LogP contribution in [0.15, 0.2) is 24.3 Å². The third kappa shape index (κ3) is 8.47. The Bertz CT molecular complexity index is 747. The second kappa shape index (κ2) is 14.0. The van der Waals surface area contributed by atoms with Crippen LogP contribution >= 0.6 is 0 Å².